The highest BCUT2D eigenvalue weighted by molar-refractivity contribution is 9.10. The molecular formula is C9H18BrNO2. The highest BCUT2D eigenvalue weighted by atomic mass is 79.9. The van der Waals surface area contributed by atoms with Crippen molar-refractivity contribution in [2.45, 2.75) is 38.1 Å². The fourth-order valence-corrected chi connectivity index (χ4v) is 1.35. The van der Waals surface area contributed by atoms with Gasteiger partial charge in [-0.1, -0.05) is 15.9 Å². The van der Waals surface area contributed by atoms with Crippen molar-refractivity contribution in [3.05, 3.63) is 0 Å². The van der Waals surface area contributed by atoms with E-state index in [1.165, 1.54) is 0 Å². The van der Waals surface area contributed by atoms with Gasteiger partial charge in [0.2, 0.25) is 5.91 Å². The maximum Gasteiger partial charge on any atom is 0.236 e. The van der Waals surface area contributed by atoms with Crippen molar-refractivity contribution in [1.82, 2.24) is 4.90 Å². The fourth-order valence-electron chi connectivity index (χ4n) is 1.06. The Morgan fingerprint density at radius 3 is 2.31 bits per heavy atom. The summed E-state index contributed by atoms with van der Waals surface area (Å²) >= 11 is 3.22. The summed E-state index contributed by atoms with van der Waals surface area (Å²) in [6, 6.07) is 0. The number of amides is 1. The van der Waals surface area contributed by atoms with Crippen LogP contribution < -0.4 is 0 Å². The third-order valence-corrected chi connectivity index (χ3v) is 2.00. The van der Waals surface area contributed by atoms with Crippen molar-refractivity contribution in [2.75, 3.05) is 13.1 Å². The molecule has 0 aliphatic heterocycles. The van der Waals surface area contributed by atoms with E-state index in [0.29, 0.717) is 13.1 Å². The fraction of sp³-hybridized carbons (Fsp3) is 0.889. The maximum atomic E-state index is 11.5. The highest BCUT2D eigenvalue weighted by Gasteiger charge is 2.23. The first kappa shape index (κ1) is 12.9. The monoisotopic (exact) mass is 251 g/mol. The molecule has 1 atom stereocenters. The number of aliphatic hydroxyl groups is 1. The van der Waals surface area contributed by atoms with Crippen LogP contribution in [0.25, 0.3) is 0 Å². The molecule has 0 aliphatic carbocycles. The summed E-state index contributed by atoms with van der Waals surface area (Å²) in [6.07, 6.45) is 0. The smallest absolute Gasteiger partial charge is 0.236 e. The second kappa shape index (κ2) is 4.96. The summed E-state index contributed by atoms with van der Waals surface area (Å²) in [5.74, 6) is 0.0182. The van der Waals surface area contributed by atoms with Gasteiger partial charge in [0.05, 0.1) is 10.4 Å². The average molecular weight is 252 g/mol. The molecule has 13 heavy (non-hydrogen) atoms. The number of rotatable bonds is 4. The van der Waals surface area contributed by atoms with Crippen LogP contribution in [0, 0.1) is 0 Å². The molecular weight excluding hydrogens is 234 g/mol. The van der Waals surface area contributed by atoms with E-state index in [1.807, 2.05) is 6.92 Å². The topological polar surface area (TPSA) is 40.5 Å². The van der Waals surface area contributed by atoms with E-state index in [2.05, 4.69) is 15.9 Å². The molecule has 0 radical (unpaired) electrons. The number of alkyl halides is 1. The van der Waals surface area contributed by atoms with Crippen molar-refractivity contribution >= 4 is 21.8 Å². The van der Waals surface area contributed by atoms with Gasteiger partial charge in [0.1, 0.15) is 0 Å². The molecule has 0 rings (SSSR count). The maximum absolute atomic E-state index is 11.5. The van der Waals surface area contributed by atoms with Gasteiger partial charge in [-0.2, -0.15) is 0 Å². The minimum absolute atomic E-state index is 0.0182. The van der Waals surface area contributed by atoms with Crippen LogP contribution in [-0.2, 0) is 4.79 Å². The Bertz CT molecular complexity index is 175. The lowest BCUT2D eigenvalue weighted by atomic mass is 10.1. The minimum Gasteiger partial charge on any atom is -0.389 e. The highest BCUT2D eigenvalue weighted by Crippen LogP contribution is 2.09. The van der Waals surface area contributed by atoms with Gasteiger partial charge in [0.15, 0.2) is 0 Å². The number of nitrogens with zero attached hydrogens (tertiary/aromatic N) is 1. The molecule has 4 heteroatoms. The summed E-state index contributed by atoms with van der Waals surface area (Å²) in [6.45, 7) is 8.08. The molecule has 0 bridgehead atoms. The predicted molar refractivity (Wildman–Crippen MR) is 56.9 cm³/mol. The lowest BCUT2D eigenvalue weighted by molar-refractivity contribution is -0.132. The molecule has 0 aromatic carbocycles. The first-order valence-corrected chi connectivity index (χ1v) is 5.34. The first-order chi connectivity index (χ1) is 5.78. The Morgan fingerprint density at radius 1 is 1.62 bits per heavy atom. The zero-order valence-corrected chi connectivity index (χ0v) is 10.3. The van der Waals surface area contributed by atoms with Crippen molar-refractivity contribution in [3.63, 3.8) is 0 Å². The van der Waals surface area contributed by atoms with Crippen molar-refractivity contribution in [3.8, 4) is 0 Å². The van der Waals surface area contributed by atoms with Crippen molar-refractivity contribution in [1.29, 1.82) is 0 Å². The van der Waals surface area contributed by atoms with Gasteiger partial charge in [0.25, 0.3) is 0 Å². The molecule has 3 nitrogen and oxygen atoms in total. The lowest BCUT2D eigenvalue weighted by Crippen LogP contribution is -2.44. The van der Waals surface area contributed by atoms with Gasteiger partial charge in [-0.3, -0.25) is 4.79 Å². The Kier molecular flexibility index (Phi) is 4.92. The molecule has 0 saturated heterocycles. The van der Waals surface area contributed by atoms with Crippen LogP contribution in [0.3, 0.4) is 0 Å². The molecule has 0 spiro atoms. The van der Waals surface area contributed by atoms with Gasteiger partial charge < -0.3 is 10.0 Å². The van der Waals surface area contributed by atoms with E-state index in [4.69, 9.17) is 0 Å². The zero-order chi connectivity index (χ0) is 10.6. The Balaban J connectivity index is 4.27. The van der Waals surface area contributed by atoms with Crippen molar-refractivity contribution in [2.24, 2.45) is 0 Å². The average Bonchev–Trinajstić information content (AvgIpc) is 1.97. The molecule has 0 saturated carbocycles. The quantitative estimate of drug-likeness (QED) is 0.768. The lowest BCUT2D eigenvalue weighted by Gasteiger charge is -2.28. The number of carbonyl (C=O) groups is 1. The van der Waals surface area contributed by atoms with Gasteiger partial charge in [-0.05, 0) is 27.7 Å². The number of hydrogen-bond donors (Lipinski definition) is 1. The summed E-state index contributed by atoms with van der Waals surface area (Å²) < 4.78 is 0. The van der Waals surface area contributed by atoms with Crippen LogP contribution in [-0.4, -0.2) is 39.4 Å². The number of likely N-dealkylation sites (N-methyl/N-ethyl adjacent to an activating group) is 1. The normalized spacial score (nSPS) is 14.0. The van der Waals surface area contributed by atoms with Crippen LogP contribution in [0.15, 0.2) is 0 Å². The van der Waals surface area contributed by atoms with Gasteiger partial charge in [-0.25, -0.2) is 0 Å². The summed E-state index contributed by atoms with van der Waals surface area (Å²) in [7, 11) is 0. The van der Waals surface area contributed by atoms with Crippen LogP contribution in [0.2, 0.25) is 0 Å². The number of hydrogen-bond acceptors (Lipinski definition) is 2. The summed E-state index contributed by atoms with van der Waals surface area (Å²) in [4.78, 5) is 13.0. The molecule has 0 heterocycles. The van der Waals surface area contributed by atoms with Crippen molar-refractivity contribution < 1.29 is 9.90 Å². The van der Waals surface area contributed by atoms with Gasteiger partial charge >= 0.3 is 0 Å². The van der Waals surface area contributed by atoms with Gasteiger partial charge in [-0.15, -0.1) is 0 Å². The number of halogens is 1. The van der Waals surface area contributed by atoms with Crippen LogP contribution >= 0.6 is 15.9 Å². The predicted octanol–water partition coefficient (Wildman–Crippen LogP) is 1.39. The Hall–Kier alpha value is -0.0900. The van der Waals surface area contributed by atoms with E-state index in [1.54, 1.807) is 25.7 Å². The molecule has 1 N–H and O–H groups in total. The molecule has 0 aliphatic rings. The summed E-state index contributed by atoms with van der Waals surface area (Å²) in [5, 5.41) is 9.54. The Morgan fingerprint density at radius 2 is 2.08 bits per heavy atom. The number of carbonyl (C=O) groups excluding carboxylic acids is 1. The van der Waals surface area contributed by atoms with Crippen LogP contribution in [0.1, 0.15) is 27.7 Å². The van der Waals surface area contributed by atoms with E-state index in [-0.39, 0.29) is 10.7 Å². The van der Waals surface area contributed by atoms with Gasteiger partial charge in [0, 0.05) is 13.1 Å². The van der Waals surface area contributed by atoms with Crippen LogP contribution in [0.5, 0.6) is 0 Å². The standard InChI is InChI=1S/C9H18BrNO2/c1-5-11(6-9(3,4)13)8(12)7(2)10/h7,13H,5-6H2,1-4H3. The zero-order valence-electron chi connectivity index (χ0n) is 8.67. The molecule has 0 fully saturated rings. The third kappa shape index (κ3) is 5.26. The van der Waals surface area contributed by atoms with E-state index in [0.717, 1.165) is 0 Å². The van der Waals surface area contributed by atoms with E-state index >= 15 is 0 Å². The molecule has 0 aromatic heterocycles. The van der Waals surface area contributed by atoms with E-state index < -0.39 is 5.60 Å². The van der Waals surface area contributed by atoms with Crippen LogP contribution in [0.4, 0.5) is 0 Å². The first-order valence-electron chi connectivity index (χ1n) is 4.43. The molecule has 78 valence electrons. The SMILES string of the molecule is CCN(CC(C)(C)O)C(=O)C(C)Br. The Labute approximate surface area is 88.2 Å². The molecule has 1 amide bonds. The second-order valence-electron chi connectivity index (χ2n) is 3.78. The summed E-state index contributed by atoms with van der Waals surface area (Å²) in [5.41, 5.74) is -0.826. The largest absolute Gasteiger partial charge is 0.389 e. The second-order valence-corrected chi connectivity index (χ2v) is 5.15. The third-order valence-electron chi connectivity index (χ3n) is 1.61. The molecule has 0 aromatic rings. The van der Waals surface area contributed by atoms with E-state index in [9.17, 15) is 9.90 Å². The molecule has 1 unspecified atom stereocenters. The minimum atomic E-state index is -0.826.